The molecule has 3 rings (SSSR count). The molecule has 3 heteroatoms. The fourth-order valence-electron chi connectivity index (χ4n) is 1.84. The Morgan fingerprint density at radius 3 is 2.87 bits per heavy atom. The molecule has 15 heavy (non-hydrogen) atoms. The normalized spacial score (nSPS) is 14.9. The van der Waals surface area contributed by atoms with Gasteiger partial charge in [0.05, 0.1) is 24.6 Å². The van der Waals surface area contributed by atoms with Crippen molar-refractivity contribution in [1.82, 2.24) is 9.78 Å². The average molecular weight is 200 g/mol. The van der Waals surface area contributed by atoms with Crippen molar-refractivity contribution >= 4 is 0 Å². The Kier molecular flexibility index (Phi) is 2.03. The van der Waals surface area contributed by atoms with Crippen LogP contribution in [0.5, 0.6) is 0 Å². The second-order valence-electron chi connectivity index (χ2n) is 3.68. The van der Waals surface area contributed by atoms with Gasteiger partial charge in [0.2, 0.25) is 0 Å². The van der Waals surface area contributed by atoms with E-state index in [0.29, 0.717) is 6.61 Å². The molecule has 0 saturated heterocycles. The monoisotopic (exact) mass is 200 g/mol. The van der Waals surface area contributed by atoms with Gasteiger partial charge in [-0.1, -0.05) is 18.2 Å². The van der Waals surface area contributed by atoms with E-state index in [2.05, 4.69) is 23.4 Å². The van der Waals surface area contributed by atoms with Crippen molar-refractivity contribution < 1.29 is 4.74 Å². The number of benzene rings is 1. The van der Waals surface area contributed by atoms with E-state index in [1.165, 1.54) is 5.56 Å². The van der Waals surface area contributed by atoms with E-state index in [4.69, 9.17) is 4.74 Å². The lowest BCUT2D eigenvalue weighted by atomic mass is 10.2. The van der Waals surface area contributed by atoms with Crippen molar-refractivity contribution in [3.05, 3.63) is 47.8 Å². The van der Waals surface area contributed by atoms with E-state index in [1.54, 1.807) is 0 Å². The van der Waals surface area contributed by atoms with Crippen LogP contribution in [0.15, 0.2) is 36.5 Å². The Morgan fingerprint density at radius 2 is 2.07 bits per heavy atom. The number of fused-ring (bicyclic) bond motifs is 1. The SMILES string of the molecule is c1ccc(-n2cc3c(n2)COCC3)cc1. The summed E-state index contributed by atoms with van der Waals surface area (Å²) in [6, 6.07) is 10.2. The largest absolute Gasteiger partial charge is 0.375 e. The molecule has 0 amide bonds. The molecule has 0 bridgehead atoms. The van der Waals surface area contributed by atoms with Crippen LogP contribution in [0.1, 0.15) is 11.3 Å². The molecule has 1 aromatic carbocycles. The van der Waals surface area contributed by atoms with E-state index in [9.17, 15) is 0 Å². The summed E-state index contributed by atoms with van der Waals surface area (Å²) in [5.41, 5.74) is 3.49. The van der Waals surface area contributed by atoms with Crippen molar-refractivity contribution in [3.8, 4) is 5.69 Å². The lowest BCUT2D eigenvalue weighted by Crippen LogP contribution is -2.07. The minimum Gasteiger partial charge on any atom is -0.375 e. The van der Waals surface area contributed by atoms with E-state index in [-0.39, 0.29) is 0 Å². The molecule has 0 fully saturated rings. The topological polar surface area (TPSA) is 27.1 Å². The molecular formula is C12H12N2O. The summed E-state index contributed by atoms with van der Waals surface area (Å²) in [6.45, 7) is 1.46. The molecule has 76 valence electrons. The first-order valence-electron chi connectivity index (χ1n) is 5.14. The molecule has 0 unspecified atom stereocenters. The molecule has 0 aliphatic carbocycles. The van der Waals surface area contributed by atoms with Gasteiger partial charge in [-0.3, -0.25) is 0 Å². The molecule has 0 saturated carbocycles. The van der Waals surface area contributed by atoms with Gasteiger partial charge >= 0.3 is 0 Å². The first kappa shape index (κ1) is 8.68. The van der Waals surface area contributed by atoms with Crippen LogP contribution in [0, 0.1) is 0 Å². The van der Waals surface area contributed by atoms with Gasteiger partial charge < -0.3 is 4.74 Å². The summed E-state index contributed by atoms with van der Waals surface area (Å²) in [5, 5.41) is 4.51. The number of hydrogen-bond acceptors (Lipinski definition) is 2. The van der Waals surface area contributed by atoms with E-state index in [1.807, 2.05) is 22.9 Å². The molecule has 0 atom stereocenters. The van der Waals surface area contributed by atoms with Gasteiger partial charge in [-0.25, -0.2) is 4.68 Å². The third-order valence-electron chi connectivity index (χ3n) is 2.65. The summed E-state index contributed by atoms with van der Waals surface area (Å²) in [6.07, 6.45) is 3.08. The van der Waals surface area contributed by atoms with Gasteiger partial charge in [-0.05, 0) is 24.1 Å². The first-order chi connectivity index (χ1) is 7.43. The van der Waals surface area contributed by atoms with Crippen LogP contribution >= 0.6 is 0 Å². The minimum atomic E-state index is 0.648. The predicted octanol–water partition coefficient (Wildman–Crippen LogP) is 1.94. The Bertz CT molecular complexity index is 438. The second kappa shape index (κ2) is 3.51. The zero-order valence-electron chi connectivity index (χ0n) is 8.39. The average Bonchev–Trinajstić information content (AvgIpc) is 2.74. The smallest absolute Gasteiger partial charge is 0.0918 e. The summed E-state index contributed by atoms with van der Waals surface area (Å²) in [4.78, 5) is 0. The summed E-state index contributed by atoms with van der Waals surface area (Å²) >= 11 is 0. The number of rotatable bonds is 1. The number of nitrogens with zero attached hydrogens (tertiary/aromatic N) is 2. The van der Waals surface area contributed by atoms with Crippen LogP contribution in [0.4, 0.5) is 0 Å². The highest BCUT2D eigenvalue weighted by Gasteiger charge is 2.13. The molecule has 1 aliphatic heterocycles. The van der Waals surface area contributed by atoms with Crippen LogP contribution in [-0.4, -0.2) is 16.4 Å². The van der Waals surface area contributed by atoms with Gasteiger partial charge in [0, 0.05) is 6.20 Å². The summed E-state index contributed by atoms with van der Waals surface area (Å²) in [5.74, 6) is 0. The Labute approximate surface area is 88.3 Å². The molecular weight excluding hydrogens is 188 g/mol. The quantitative estimate of drug-likeness (QED) is 0.703. The molecule has 3 nitrogen and oxygen atoms in total. The van der Waals surface area contributed by atoms with E-state index < -0.39 is 0 Å². The molecule has 0 spiro atoms. The van der Waals surface area contributed by atoms with Gasteiger partial charge in [-0.2, -0.15) is 5.10 Å². The van der Waals surface area contributed by atoms with Crippen molar-refractivity contribution in [3.63, 3.8) is 0 Å². The summed E-state index contributed by atoms with van der Waals surface area (Å²) < 4.78 is 7.30. The van der Waals surface area contributed by atoms with Crippen LogP contribution < -0.4 is 0 Å². The second-order valence-corrected chi connectivity index (χ2v) is 3.68. The summed E-state index contributed by atoms with van der Waals surface area (Å²) in [7, 11) is 0. The predicted molar refractivity (Wildman–Crippen MR) is 56.9 cm³/mol. The van der Waals surface area contributed by atoms with Gasteiger partial charge in [0.1, 0.15) is 0 Å². The van der Waals surface area contributed by atoms with Crippen LogP contribution in [-0.2, 0) is 17.8 Å². The van der Waals surface area contributed by atoms with E-state index >= 15 is 0 Å². The van der Waals surface area contributed by atoms with Gasteiger partial charge in [0.15, 0.2) is 0 Å². The molecule has 1 aromatic heterocycles. The highest BCUT2D eigenvalue weighted by Crippen LogP contribution is 2.17. The van der Waals surface area contributed by atoms with Crippen molar-refractivity contribution in [1.29, 1.82) is 0 Å². The highest BCUT2D eigenvalue weighted by atomic mass is 16.5. The Hall–Kier alpha value is -1.61. The third-order valence-corrected chi connectivity index (χ3v) is 2.65. The van der Waals surface area contributed by atoms with Gasteiger partial charge in [-0.15, -0.1) is 0 Å². The molecule has 2 aromatic rings. The number of hydrogen-bond donors (Lipinski definition) is 0. The zero-order valence-corrected chi connectivity index (χ0v) is 8.39. The third kappa shape index (κ3) is 1.55. The number of aromatic nitrogens is 2. The maximum absolute atomic E-state index is 5.37. The number of para-hydroxylation sites is 1. The Balaban J connectivity index is 2.03. The fourth-order valence-corrected chi connectivity index (χ4v) is 1.84. The zero-order chi connectivity index (χ0) is 10.1. The van der Waals surface area contributed by atoms with Crippen LogP contribution in [0.3, 0.4) is 0 Å². The molecule has 0 N–H and O–H groups in total. The number of ether oxygens (including phenoxy) is 1. The van der Waals surface area contributed by atoms with Crippen molar-refractivity contribution in [2.75, 3.05) is 6.61 Å². The molecule has 2 heterocycles. The lowest BCUT2D eigenvalue weighted by molar-refractivity contribution is 0.108. The lowest BCUT2D eigenvalue weighted by Gasteiger charge is -2.08. The van der Waals surface area contributed by atoms with Crippen LogP contribution in [0.2, 0.25) is 0 Å². The maximum Gasteiger partial charge on any atom is 0.0918 e. The minimum absolute atomic E-state index is 0.648. The standard InChI is InChI=1S/C12H12N2O/c1-2-4-11(5-3-1)14-8-10-6-7-15-9-12(10)13-14/h1-5,8H,6-7,9H2. The van der Waals surface area contributed by atoms with E-state index in [0.717, 1.165) is 24.4 Å². The van der Waals surface area contributed by atoms with Gasteiger partial charge in [0.25, 0.3) is 0 Å². The Morgan fingerprint density at radius 1 is 1.20 bits per heavy atom. The van der Waals surface area contributed by atoms with Crippen LogP contribution in [0.25, 0.3) is 5.69 Å². The molecule has 0 radical (unpaired) electrons. The van der Waals surface area contributed by atoms with Crippen molar-refractivity contribution in [2.45, 2.75) is 13.0 Å². The first-order valence-corrected chi connectivity index (χ1v) is 5.14. The fraction of sp³-hybridized carbons (Fsp3) is 0.250. The maximum atomic E-state index is 5.37. The van der Waals surface area contributed by atoms with Crippen molar-refractivity contribution in [2.24, 2.45) is 0 Å². The molecule has 1 aliphatic rings. The highest BCUT2D eigenvalue weighted by molar-refractivity contribution is 5.33.